The Balaban J connectivity index is 1.77. The lowest BCUT2D eigenvalue weighted by atomic mass is 10.1. The number of aryl methyl sites for hydroxylation is 2. The topological polar surface area (TPSA) is 84.8 Å². The number of aromatic amines is 1. The average Bonchev–Trinajstić information content (AvgIpc) is 3.16. The van der Waals surface area contributed by atoms with Crippen molar-refractivity contribution in [2.75, 3.05) is 11.9 Å². The third-order valence-corrected chi connectivity index (χ3v) is 3.95. The molecule has 0 aliphatic carbocycles. The fourth-order valence-electron chi connectivity index (χ4n) is 2.70. The molecule has 1 aliphatic heterocycles. The molecule has 2 aromatic heterocycles. The molecule has 0 aromatic carbocycles. The van der Waals surface area contributed by atoms with Crippen LogP contribution in [0.15, 0.2) is 0 Å². The zero-order valence-electron chi connectivity index (χ0n) is 12.6. The van der Waals surface area contributed by atoms with Crippen LogP contribution >= 0.6 is 0 Å². The molecule has 3 rings (SSSR count). The maximum atomic E-state index is 12.6. The fraction of sp³-hybridized carbons (Fsp3) is 0.615. The molecule has 0 spiro atoms. The minimum absolute atomic E-state index is 0.328. The lowest BCUT2D eigenvalue weighted by Crippen LogP contribution is -2.28. The zero-order chi connectivity index (χ0) is 16.8. The van der Waals surface area contributed by atoms with Crippen LogP contribution in [0.2, 0.25) is 0 Å². The Hall–Kier alpha value is -2.10. The van der Waals surface area contributed by atoms with Crippen molar-refractivity contribution in [1.82, 2.24) is 20.0 Å². The minimum Gasteiger partial charge on any atom is -0.368 e. The highest BCUT2D eigenvalue weighted by Crippen LogP contribution is 2.35. The van der Waals surface area contributed by atoms with E-state index in [-0.39, 0.29) is 6.42 Å². The first-order chi connectivity index (χ1) is 10.8. The monoisotopic (exact) mass is 331 g/mol. The van der Waals surface area contributed by atoms with E-state index in [0.29, 0.717) is 23.3 Å². The van der Waals surface area contributed by atoms with Crippen molar-refractivity contribution >= 4 is 22.8 Å². The maximum absolute atomic E-state index is 12.6. The highest BCUT2D eigenvalue weighted by molar-refractivity contribution is 6.01. The van der Waals surface area contributed by atoms with Crippen molar-refractivity contribution in [1.29, 1.82) is 0 Å². The van der Waals surface area contributed by atoms with Crippen LogP contribution in [0.25, 0.3) is 11.0 Å². The van der Waals surface area contributed by atoms with Gasteiger partial charge in [-0.15, -0.1) is 0 Å². The first-order valence-electron chi connectivity index (χ1n) is 7.20. The number of carbonyl (C=O) groups excluding carboxylic acids is 1. The minimum atomic E-state index is -4.35. The second-order valence-corrected chi connectivity index (χ2v) is 5.51. The third kappa shape index (κ3) is 2.78. The number of aromatic nitrogens is 4. The maximum Gasteiger partial charge on any atom is 0.394 e. The quantitative estimate of drug-likeness (QED) is 0.898. The second kappa shape index (κ2) is 5.52. The van der Waals surface area contributed by atoms with Crippen LogP contribution < -0.4 is 5.32 Å². The molecule has 1 amide bonds. The Kier molecular flexibility index (Phi) is 3.78. The summed E-state index contributed by atoms with van der Waals surface area (Å²) in [7, 11) is 1.72. The number of ether oxygens (including phenoxy) is 1. The van der Waals surface area contributed by atoms with Gasteiger partial charge in [0.25, 0.3) is 5.91 Å². The molecule has 2 unspecified atom stereocenters. The molecule has 2 atom stereocenters. The predicted molar refractivity (Wildman–Crippen MR) is 74.8 cm³/mol. The van der Waals surface area contributed by atoms with Crippen molar-refractivity contribution in [3.05, 3.63) is 5.69 Å². The van der Waals surface area contributed by atoms with Crippen LogP contribution in [-0.2, 0) is 23.0 Å². The highest BCUT2D eigenvalue weighted by Gasteiger charge is 2.46. The first kappa shape index (κ1) is 15.8. The van der Waals surface area contributed by atoms with Gasteiger partial charge in [-0.2, -0.15) is 23.4 Å². The van der Waals surface area contributed by atoms with Gasteiger partial charge in [-0.3, -0.25) is 9.89 Å². The first-order valence-corrected chi connectivity index (χ1v) is 7.20. The third-order valence-electron chi connectivity index (χ3n) is 3.95. The molecular formula is C13H16F3N5O2. The number of nitrogens with zero attached hydrogens (tertiary/aromatic N) is 3. The molecule has 0 bridgehead atoms. The summed E-state index contributed by atoms with van der Waals surface area (Å²) < 4.78 is 44.5. The van der Waals surface area contributed by atoms with Gasteiger partial charge in [0.05, 0.1) is 23.6 Å². The van der Waals surface area contributed by atoms with Gasteiger partial charge >= 0.3 is 6.18 Å². The molecule has 1 saturated heterocycles. The number of alkyl halides is 3. The van der Waals surface area contributed by atoms with Gasteiger partial charge in [-0.25, -0.2) is 4.68 Å². The molecule has 0 radical (unpaired) electrons. The van der Waals surface area contributed by atoms with Gasteiger partial charge in [-0.05, 0) is 12.8 Å². The predicted octanol–water partition coefficient (Wildman–Crippen LogP) is 1.76. The molecule has 0 saturated carbocycles. The summed E-state index contributed by atoms with van der Waals surface area (Å²) in [4.78, 5) is 12.2. The summed E-state index contributed by atoms with van der Waals surface area (Å²) in [6.07, 6.45) is -5.22. The Morgan fingerprint density at radius 3 is 2.87 bits per heavy atom. The number of H-pyrrole nitrogens is 1. The molecule has 1 fully saturated rings. The Morgan fingerprint density at radius 2 is 2.26 bits per heavy atom. The normalized spacial score (nSPS) is 22.0. The number of amides is 1. The molecule has 126 valence electrons. The standard InChI is InChI=1S/C13H16F3N5O2/c1-3-7-9-10(18-19-11(9)21(2)20-7)17-12(22)8-4-6(5-23-8)13(14,15)16/h6,8H,3-5H2,1-2H3,(H2,17,18,19,22). The fourth-order valence-corrected chi connectivity index (χ4v) is 2.70. The van der Waals surface area contributed by atoms with Crippen LogP contribution in [-0.4, -0.2) is 44.8 Å². The molecule has 3 heterocycles. The number of anilines is 1. The number of rotatable bonds is 3. The van der Waals surface area contributed by atoms with Gasteiger partial charge < -0.3 is 10.1 Å². The smallest absolute Gasteiger partial charge is 0.368 e. The second-order valence-electron chi connectivity index (χ2n) is 5.51. The molecule has 2 aromatic rings. The van der Waals surface area contributed by atoms with Crippen LogP contribution in [0.1, 0.15) is 19.0 Å². The summed E-state index contributed by atoms with van der Waals surface area (Å²) in [5.74, 6) is -1.90. The lowest BCUT2D eigenvalue weighted by molar-refractivity contribution is -0.173. The summed E-state index contributed by atoms with van der Waals surface area (Å²) in [6.45, 7) is 1.42. The largest absolute Gasteiger partial charge is 0.394 e. The SMILES string of the molecule is CCc1nn(C)c2n[nH]c(NC(=O)C3CC(C(F)(F)F)CO3)c12. The van der Waals surface area contributed by atoms with Crippen LogP contribution in [0, 0.1) is 5.92 Å². The summed E-state index contributed by atoms with van der Waals surface area (Å²) in [5, 5.41) is 14.3. The van der Waals surface area contributed by atoms with E-state index in [1.54, 1.807) is 11.7 Å². The number of carbonyl (C=O) groups is 1. The lowest BCUT2D eigenvalue weighted by Gasteiger charge is -2.12. The summed E-state index contributed by atoms with van der Waals surface area (Å²) in [5.41, 5.74) is 1.31. The van der Waals surface area contributed by atoms with E-state index < -0.39 is 30.7 Å². The van der Waals surface area contributed by atoms with E-state index >= 15 is 0 Å². The molecule has 1 aliphatic rings. The van der Waals surface area contributed by atoms with Crippen molar-refractivity contribution in [3.8, 4) is 0 Å². The summed E-state index contributed by atoms with van der Waals surface area (Å²) in [6, 6.07) is 0. The molecule has 23 heavy (non-hydrogen) atoms. The molecule has 2 N–H and O–H groups in total. The molecule has 7 nitrogen and oxygen atoms in total. The van der Waals surface area contributed by atoms with E-state index in [2.05, 4.69) is 20.6 Å². The van der Waals surface area contributed by atoms with E-state index in [9.17, 15) is 18.0 Å². The van der Waals surface area contributed by atoms with Gasteiger partial charge in [0.2, 0.25) is 0 Å². The van der Waals surface area contributed by atoms with Gasteiger partial charge in [0.15, 0.2) is 5.65 Å². The van der Waals surface area contributed by atoms with E-state index in [0.717, 1.165) is 5.69 Å². The van der Waals surface area contributed by atoms with Crippen LogP contribution in [0.4, 0.5) is 19.0 Å². The number of halogens is 3. The number of fused-ring (bicyclic) bond motifs is 1. The van der Waals surface area contributed by atoms with Crippen molar-refractivity contribution in [3.63, 3.8) is 0 Å². The van der Waals surface area contributed by atoms with E-state index in [1.165, 1.54) is 0 Å². The van der Waals surface area contributed by atoms with E-state index in [4.69, 9.17) is 4.74 Å². The number of hydrogen-bond acceptors (Lipinski definition) is 4. The van der Waals surface area contributed by atoms with Crippen molar-refractivity contribution < 1.29 is 22.7 Å². The van der Waals surface area contributed by atoms with Gasteiger partial charge in [0, 0.05) is 7.05 Å². The average molecular weight is 331 g/mol. The van der Waals surface area contributed by atoms with Gasteiger partial charge in [0.1, 0.15) is 11.9 Å². The number of hydrogen-bond donors (Lipinski definition) is 2. The Bertz CT molecular complexity index is 736. The van der Waals surface area contributed by atoms with Crippen molar-refractivity contribution in [2.24, 2.45) is 13.0 Å². The highest BCUT2D eigenvalue weighted by atomic mass is 19.4. The Morgan fingerprint density at radius 1 is 1.52 bits per heavy atom. The van der Waals surface area contributed by atoms with Gasteiger partial charge in [-0.1, -0.05) is 6.92 Å². The molecular weight excluding hydrogens is 315 g/mol. The Labute approximate surface area is 129 Å². The zero-order valence-corrected chi connectivity index (χ0v) is 12.6. The number of nitrogens with one attached hydrogen (secondary N) is 2. The van der Waals surface area contributed by atoms with Crippen molar-refractivity contribution in [2.45, 2.75) is 32.0 Å². The van der Waals surface area contributed by atoms with E-state index in [1.807, 2.05) is 6.92 Å². The van der Waals surface area contributed by atoms with Crippen LogP contribution in [0.5, 0.6) is 0 Å². The summed E-state index contributed by atoms with van der Waals surface area (Å²) >= 11 is 0. The van der Waals surface area contributed by atoms with Crippen LogP contribution in [0.3, 0.4) is 0 Å². The molecule has 10 heteroatoms.